The summed E-state index contributed by atoms with van der Waals surface area (Å²) in [5.74, 6) is 0. The first-order chi connectivity index (χ1) is 7.77. The van der Waals surface area contributed by atoms with E-state index in [0.29, 0.717) is 19.2 Å². The van der Waals surface area contributed by atoms with Crippen molar-refractivity contribution >= 4 is 0 Å². The molecule has 1 aromatic heterocycles. The maximum absolute atomic E-state index is 11.4. The van der Waals surface area contributed by atoms with Crippen LogP contribution >= 0.6 is 0 Å². The standard InChI is InChI=1S/C12H20N2O2/c1-3-11(10-16-2)13-7-9-14-8-5-4-6-12(14)15/h4-6,8,11,13H,3,7,9-10H2,1-2H3. The number of hydrogen-bond acceptors (Lipinski definition) is 3. The van der Waals surface area contributed by atoms with E-state index in [9.17, 15) is 4.79 Å². The highest BCUT2D eigenvalue weighted by Crippen LogP contribution is 1.91. The topological polar surface area (TPSA) is 43.3 Å². The Morgan fingerprint density at radius 3 is 2.94 bits per heavy atom. The predicted molar refractivity (Wildman–Crippen MR) is 64.7 cm³/mol. The first-order valence-electron chi connectivity index (χ1n) is 5.65. The summed E-state index contributed by atoms with van der Waals surface area (Å²) >= 11 is 0. The molecule has 0 radical (unpaired) electrons. The van der Waals surface area contributed by atoms with E-state index < -0.39 is 0 Å². The fraction of sp³-hybridized carbons (Fsp3) is 0.583. The van der Waals surface area contributed by atoms with E-state index >= 15 is 0 Å². The van der Waals surface area contributed by atoms with Gasteiger partial charge in [-0.3, -0.25) is 4.79 Å². The van der Waals surface area contributed by atoms with Crippen LogP contribution in [0.5, 0.6) is 0 Å². The molecule has 1 heterocycles. The molecule has 0 amide bonds. The number of hydrogen-bond donors (Lipinski definition) is 1. The zero-order valence-corrected chi connectivity index (χ0v) is 9.98. The molecule has 0 saturated carbocycles. The predicted octanol–water partition coefficient (Wildman–Crippen LogP) is 0.863. The second-order valence-electron chi connectivity index (χ2n) is 3.75. The smallest absolute Gasteiger partial charge is 0.250 e. The Balaban J connectivity index is 2.35. The number of aromatic nitrogens is 1. The second kappa shape index (κ2) is 7.19. The van der Waals surface area contributed by atoms with Gasteiger partial charge in [-0.15, -0.1) is 0 Å². The summed E-state index contributed by atoms with van der Waals surface area (Å²) in [7, 11) is 1.70. The van der Waals surface area contributed by atoms with Crippen molar-refractivity contribution in [3.05, 3.63) is 34.7 Å². The lowest BCUT2D eigenvalue weighted by Crippen LogP contribution is -2.36. The monoisotopic (exact) mass is 224 g/mol. The molecule has 4 heteroatoms. The molecule has 0 fully saturated rings. The van der Waals surface area contributed by atoms with Crippen molar-refractivity contribution in [3.63, 3.8) is 0 Å². The van der Waals surface area contributed by atoms with Gasteiger partial charge in [0.1, 0.15) is 0 Å². The molecule has 0 saturated heterocycles. The lowest BCUT2D eigenvalue weighted by Gasteiger charge is -2.16. The normalized spacial score (nSPS) is 12.6. The molecule has 1 atom stereocenters. The highest BCUT2D eigenvalue weighted by Gasteiger charge is 2.03. The molecule has 0 aliphatic rings. The molecule has 0 spiro atoms. The van der Waals surface area contributed by atoms with E-state index in [1.54, 1.807) is 30.0 Å². The average molecular weight is 224 g/mol. The zero-order chi connectivity index (χ0) is 11.8. The average Bonchev–Trinajstić information content (AvgIpc) is 2.30. The Morgan fingerprint density at radius 2 is 2.31 bits per heavy atom. The molecule has 1 unspecified atom stereocenters. The van der Waals surface area contributed by atoms with Crippen LogP contribution in [0.3, 0.4) is 0 Å². The van der Waals surface area contributed by atoms with Gasteiger partial charge in [-0.05, 0) is 12.5 Å². The quantitative estimate of drug-likeness (QED) is 0.747. The number of methoxy groups -OCH3 is 1. The number of nitrogens with one attached hydrogen (secondary N) is 1. The molecule has 90 valence electrons. The maximum Gasteiger partial charge on any atom is 0.250 e. The molecule has 4 nitrogen and oxygen atoms in total. The van der Waals surface area contributed by atoms with Gasteiger partial charge in [-0.2, -0.15) is 0 Å². The summed E-state index contributed by atoms with van der Waals surface area (Å²) < 4.78 is 6.79. The Morgan fingerprint density at radius 1 is 1.50 bits per heavy atom. The Labute approximate surface area is 96.2 Å². The molecule has 0 aromatic carbocycles. The van der Waals surface area contributed by atoms with Gasteiger partial charge in [0.15, 0.2) is 0 Å². The lowest BCUT2D eigenvalue weighted by atomic mass is 10.2. The Hall–Kier alpha value is -1.13. The van der Waals surface area contributed by atoms with Crippen molar-refractivity contribution in [2.45, 2.75) is 25.9 Å². The van der Waals surface area contributed by atoms with Crippen LogP contribution in [0.15, 0.2) is 29.2 Å². The fourth-order valence-corrected chi connectivity index (χ4v) is 1.56. The Kier molecular flexibility index (Phi) is 5.82. The zero-order valence-electron chi connectivity index (χ0n) is 9.98. The lowest BCUT2D eigenvalue weighted by molar-refractivity contribution is 0.164. The molecule has 0 aliphatic carbocycles. The number of rotatable bonds is 7. The first-order valence-corrected chi connectivity index (χ1v) is 5.65. The largest absolute Gasteiger partial charge is 0.383 e. The van der Waals surface area contributed by atoms with Crippen LogP contribution in [0.1, 0.15) is 13.3 Å². The van der Waals surface area contributed by atoms with Crippen LogP contribution in [-0.2, 0) is 11.3 Å². The van der Waals surface area contributed by atoms with Gasteiger partial charge in [-0.1, -0.05) is 13.0 Å². The van der Waals surface area contributed by atoms with Crippen LogP contribution < -0.4 is 10.9 Å². The van der Waals surface area contributed by atoms with E-state index in [-0.39, 0.29) is 5.56 Å². The van der Waals surface area contributed by atoms with Crippen LogP contribution in [0.2, 0.25) is 0 Å². The van der Waals surface area contributed by atoms with E-state index in [1.807, 2.05) is 6.07 Å². The SMILES string of the molecule is CCC(COC)NCCn1ccccc1=O. The Bertz CT molecular complexity index is 349. The molecule has 1 rings (SSSR count). The second-order valence-corrected chi connectivity index (χ2v) is 3.75. The summed E-state index contributed by atoms with van der Waals surface area (Å²) in [5.41, 5.74) is 0.0455. The molecule has 0 aliphatic heterocycles. The van der Waals surface area contributed by atoms with E-state index in [1.165, 1.54) is 0 Å². The van der Waals surface area contributed by atoms with Crippen molar-refractivity contribution in [2.24, 2.45) is 0 Å². The van der Waals surface area contributed by atoms with E-state index in [4.69, 9.17) is 4.74 Å². The van der Waals surface area contributed by atoms with Crippen LogP contribution in [0, 0.1) is 0 Å². The molecule has 0 bridgehead atoms. The highest BCUT2D eigenvalue weighted by molar-refractivity contribution is 4.93. The van der Waals surface area contributed by atoms with E-state index in [2.05, 4.69) is 12.2 Å². The van der Waals surface area contributed by atoms with Crippen molar-refractivity contribution < 1.29 is 4.74 Å². The molecule has 1 aromatic rings. The summed E-state index contributed by atoms with van der Waals surface area (Å²) in [5, 5.41) is 3.36. The minimum Gasteiger partial charge on any atom is -0.383 e. The van der Waals surface area contributed by atoms with Gasteiger partial charge in [0, 0.05) is 38.5 Å². The van der Waals surface area contributed by atoms with Crippen molar-refractivity contribution in [2.75, 3.05) is 20.3 Å². The molecular weight excluding hydrogens is 204 g/mol. The van der Waals surface area contributed by atoms with Crippen molar-refractivity contribution in [3.8, 4) is 0 Å². The van der Waals surface area contributed by atoms with Gasteiger partial charge in [0.25, 0.3) is 5.56 Å². The highest BCUT2D eigenvalue weighted by atomic mass is 16.5. The minimum absolute atomic E-state index is 0.0455. The fourth-order valence-electron chi connectivity index (χ4n) is 1.56. The third-order valence-electron chi connectivity index (χ3n) is 2.55. The van der Waals surface area contributed by atoms with Crippen LogP contribution in [0.25, 0.3) is 0 Å². The summed E-state index contributed by atoms with van der Waals surface area (Å²) in [6.45, 7) is 4.30. The van der Waals surface area contributed by atoms with Gasteiger partial charge < -0.3 is 14.6 Å². The number of pyridine rings is 1. The van der Waals surface area contributed by atoms with Crippen molar-refractivity contribution in [1.29, 1.82) is 0 Å². The first kappa shape index (κ1) is 12.9. The number of nitrogens with zero attached hydrogens (tertiary/aromatic N) is 1. The third kappa shape index (κ3) is 4.16. The van der Waals surface area contributed by atoms with Crippen LogP contribution in [-0.4, -0.2) is 30.9 Å². The summed E-state index contributed by atoms with van der Waals surface area (Å²) in [4.78, 5) is 11.4. The van der Waals surface area contributed by atoms with Gasteiger partial charge in [0.2, 0.25) is 0 Å². The molecular formula is C12H20N2O2. The third-order valence-corrected chi connectivity index (χ3v) is 2.55. The molecule has 16 heavy (non-hydrogen) atoms. The van der Waals surface area contributed by atoms with Gasteiger partial charge in [0.05, 0.1) is 6.61 Å². The summed E-state index contributed by atoms with van der Waals surface area (Å²) in [6.07, 6.45) is 2.83. The van der Waals surface area contributed by atoms with Gasteiger partial charge in [-0.25, -0.2) is 0 Å². The van der Waals surface area contributed by atoms with Crippen LogP contribution in [0.4, 0.5) is 0 Å². The maximum atomic E-state index is 11.4. The van der Waals surface area contributed by atoms with Gasteiger partial charge >= 0.3 is 0 Å². The minimum atomic E-state index is 0.0455. The van der Waals surface area contributed by atoms with Crippen molar-refractivity contribution in [1.82, 2.24) is 9.88 Å². The molecule has 1 N–H and O–H groups in total. The van der Waals surface area contributed by atoms with E-state index in [0.717, 1.165) is 13.0 Å². The summed E-state index contributed by atoms with van der Waals surface area (Å²) in [6, 6.07) is 5.57. The number of ether oxygens (including phenoxy) is 1.